The number of nitrogens with zero attached hydrogens (tertiary/aromatic N) is 1. The van der Waals surface area contributed by atoms with E-state index in [1.165, 1.54) is 117 Å². The Labute approximate surface area is 358 Å². The highest BCUT2D eigenvalue weighted by Gasteiger charge is 2.37. The number of hydrogen-bond acceptors (Lipinski definition) is 1. The molecule has 3 heteroatoms. The summed E-state index contributed by atoms with van der Waals surface area (Å²) in [4.78, 5) is 0. The van der Waals surface area contributed by atoms with Crippen LogP contribution in [0.15, 0.2) is 176 Å². The fourth-order valence-electron chi connectivity index (χ4n) is 10.7. The Morgan fingerprint density at radius 2 is 1.11 bits per heavy atom. The highest BCUT2D eigenvalue weighted by molar-refractivity contribution is 6.74. The first-order valence-electron chi connectivity index (χ1n) is 21.8. The van der Waals surface area contributed by atoms with Gasteiger partial charge in [-0.05, 0) is 132 Å². The second kappa shape index (κ2) is 13.3. The molecule has 1 radical (unpaired) electrons. The maximum atomic E-state index is 4.05. The molecule has 1 aliphatic carbocycles. The largest absolute Gasteiger partial charge is 0.355 e. The second-order valence-corrected chi connectivity index (χ2v) is 18.7. The van der Waals surface area contributed by atoms with Crippen LogP contribution in [-0.4, -0.2) is 11.8 Å². The summed E-state index contributed by atoms with van der Waals surface area (Å²) in [7, 11) is 2.48. The minimum absolute atomic E-state index is 0.108. The molecule has 2 heterocycles. The van der Waals surface area contributed by atoms with E-state index in [0.717, 1.165) is 11.4 Å². The average Bonchev–Trinajstić information content (AvgIpc) is 3.62. The van der Waals surface area contributed by atoms with Gasteiger partial charge in [-0.25, -0.2) is 0 Å². The number of benzene rings is 9. The fraction of sp³-hybridized carbons (Fsp3) is 0.138. The lowest BCUT2D eigenvalue weighted by atomic mass is 9.58. The molecule has 1 aliphatic heterocycles. The van der Waals surface area contributed by atoms with Gasteiger partial charge in [-0.3, -0.25) is 0 Å². The number of fused-ring (bicyclic) bond motifs is 8. The first-order valence-corrected chi connectivity index (χ1v) is 21.8. The molecule has 291 valence electrons. The molecule has 12 rings (SSSR count). The van der Waals surface area contributed by atoms with E-state index in [4.69, 9.17) is 0 Å². The van der Waals surface area contributed by atoms with Gasteiger partial charge in [-0.1, -0.05) is 167 Å². The molecular formula is C58H46BN2. The minimum atomic E-state index is 0.108. The maximum Gasteiger partial charge on any atom is 0.197 e. The lowest BCUT2D eigenvalue weighted by molar-refractivity contribution is 0.332. The van der Waals surface area contributed by atoms with Gasteiger partial charge in [0.1, 0.15) is 0 Å². The van der Waals surface area contributed by atoms with Gasteiger partial charge in [0.05, 0.1) is 5.52 Å². The van der Waals surface area contributed by atoms with Gasteiger partial charge < -0.3 is 9.88 Å². The molecule has 1 N–H and O–H groups in total. The van der Waals surface area contributed by atoms with Crippen molar-refractivity contribution in [1.82, 2.24) is 4.57 Å². The lowest BCUT2D eigenvalue weighted by Gasteiger charge is -2.42. The van der Waals surface area contributed by atoms with E-state index in [1.807, 2.05) is 0 Å². The van der Waals surface area contributed by atoms with Crippen LogP contribution >= 0.6 is 0 Å². The van der Waals surface area contributed by atoms with Crippen LogP contribution in [0.4, 0.5) is 11.4 Å². The molecule has 0 saturated carbocycles. The van der Waals surface area contributed by atoms with Crippen molar-refractivity contribution >= 4 is 72.9 Å². The van der Waals surface area contributed by atoms with Crippen LogP contribution in [0.25, 0.3) is 82.4 Å². The van der Waals surface area contributed by atoms with Crippen LogP contribution in [0.3, 0.4) is 0 Å². The van der Waals surface area contributed by atoms with Crippen molar-refractivity contribution in [3.63, 3.8) is 0 Å². The molecule has 0 fully saturated rings. The monoisotopic (exact) mass is 781 g/mol. The molecular weight excluding hydrogens is 735 g/mol. The zero-order chi connectivity index (χ0) is 41.0. The van der Waals surface area contributed by atoms with Crippen LogP contribution in [0, 0.1) is 0 Å². The van der Waals surface area contributed by atoms with Crippen molar-refractivity contribution < 1.29 is 0 Å². The van der Waals surface area contributed by atoms with Crippen molar-refractivity contribution in [2.45, 2.75) is 51.4 Å². The van der Waals surface area contributed by atoms with E-state index in [0.29, 0.717) is 0 Å². The van der Waals surface area contributed by atoms with Gasteiger partial charge in [0, 0.05) is 38.9 Å². The number of hydrogen-bond donors (Lipinski definition) is 1. The SMILES string of the molecule is CC1(C)CCC(C)(C)c2cc(Nc3ccc4ccccc4c3-c3c4c(cc5ccccc35)-n3c5ccc(-c6ccccc6)cc5c5cc(-c6ccccc6)cc(c53)[B]4)ccc21. The predicted molar refractivity (Wildman–Crippen MR) is 262 cm³/mol. The Kier molecular flexibility index (Phi) is 7.88. The minimum Gasteiger partial charge on any atom is -0.355 e. The molecule has 0 amide bonds. The van der Waals surface area contributed by atoms with E-state index in [1.54, 1.807) is 0 Å². The summed E-state index contributed by atoms with van der Waals surface area (Å²) in [6.45, 7) is 9.63. The number of rotatable bonds is 5. The molecule has 0 bridgehead atoms. The first kappa shape index (κ1) is 36.1. The highest BCUT2D eigenvalue weighted by atomic mass is 15.0. The van der Waals surface area contributed by atoms with E-state index in [2.05, 4.69) is 221 Å². The number of aromatic nitrogens is 1. The molecule has 2 aliphatic rings. The Bertz CT molecular complexity index is 3410. The van der Waals surface area contributed by atoms with Gasteiger partial charge in [0.15, 0.2) is 7.28 Å². The summed E-state index contributed by atoms with van der Waals surface area (Å²) < 4.78 is 2.56. The van der Waals surface area contributed by atoms with E-state index >= 15 is 0 Å². The third kappa shape index (κ3) is 5.63. The average molecular weight is 782 g/mol. The van der Waals surface area contributed by atoms with Crippen LogP contribution in [0.1, 0.15) is 51.7 Å². The topological polar surface area (TPSA) is 17.0 Å². The molecule has 0 unspecified atom stereocenters. The molecule has 1 aromatic heterocycles. The van der Waals surface area contributed by atoms with Crippen molar-refractivity contribution in [2.24, 2.45) is 0 Å². The Morgan fingerprint density at radius 1 is 0.475 bits per heavy atom. The summed E-state index contributed by atoms with van der Waals surface area (Å²) in [5, 5.41) is 11.5. The van der Waals surface area contributed by atoms with Crippen LogP contribution in [0.5, 0.6) is 0 Å². The van der Waals surface area contributed by atoms with Crippen LogP contribution in [0.2, 0.25) is 0 Å². The van der Waals surface area contributed by atoms with E-state index in [-0.39, 0.29) is 10.8 Å². The second-order valence-electron chi connectivity index (χ2n) is 18.7. The lowest BCUT2D eigenvalue weighted by Crippen LogP contribution is -2.37. The quantitative estimate of drug-likeness (QED) is 0.172. The zero-order valence-corrected chi connectivity index (χ0v) is 35.2. The Morgan fingerprint density at radius 3 is 1.87 bits per heavy atom. The zero-order valence-electron chi connectivity index (χ0n) is 35.2. The third-order valence-corrected chi connectivity index (χ3v) is 14.0. The van der Waals surface area contributed by atoms with Crippen molar-refractivity contribution in [3.8, 4) is 39.1 Å². The predicted octanol–water partition coefficient (Wildman–Crippen LogP) is 14.2. The summed E-state index contributed by atoms with van der Waals surface area (Å²) in [5.41, 5.74) is 18.9. The highest BCUT2D eigenvalue weighted by Crippen LogP contribution is 2.48. The number of anilines is 2. The molecule has 2 nitrogen and oxygen atoms in total. The smallest absolute Gasteiger partial charge is 0.197 e. The molecule has 10 aromatic rings. The van der Waals surface area contributed by atoms with Gasteiger partial charge in [-0.15, -0.1) is 0 Å². The van der Waals surface area contributed by atoms with E-state index in [9.17, 15) is 0 Å². The first-order chi connectivity index (χ1) is 29.7. The summed E-state index contributed by atoms with van der Waals surface area (Å²) in [6.07, 6.45) is 2.38. The van der Waals surface area contributed by atoms with Gasteiger partial charge >= 0.3 is 0 Å². The third-order valence-electron chi connectivity index (χ3n) is 14.0. The van der Waals surface area contributed by atoms with E-state index < -0.39 is 0 Å². The summed E-state index contributed by atoms with van der Waals surface area (Å²) in [5.74, 6) is 0. The maximum absolute atomic E-state index is 4.05. The van der Waals surface area contributed by atoms with Crippen molar-refractivity contribution in [1.29, 1.82) is 0 Å². The Hall–Kier alpha value is -6.84. The van der Waals surface area contributed by atoms with Gasteiger partial charge in [0.25, 0.3) is 0 Å². The van der Waals surface area contributed by atoms with Crippen LogP contribution < -0.4 is 16.2 Å². The molecule has 0 spiro atoms. The van der Waals surface area contributed by atoms with Gasteiger partial charge in [0.2, 0.25) is 0 Å². The standard InChI is InChI=1S/C58H46BN2/c1-57(2)29-30-58(3,4)48-35-42(25-26-47(48)57)60-50-27-23-38-19-11-13-21-43(38)53(50)54-44-22-14-12-20-40(44)34-52-55(54)59-49-33-41(37-17-9-6-10-18-37)32-46-45-31-39(36-15-7-5-8-16-36)24-28-51(45)61(52)56(46)49/h5-28,31-35,60H,29-30H2,1-4H3. The molecule has 0 saturated heterocycles. The summed E-state index contributed by atoms with van der Waals surface area (Å²) >= 11 is 0. The normalized spacial score (nSPS) is 14.8. The Balaban J connectivity index is 1.15. The van der Waals surface area contributed by atoms with Crippen molar-refractivity contribution in [3.05, 3.63) is 187 Å². The molecule has 61 heavy (non-hydrogen) atoms. The van der Waals surface area contributed by atoms with Gasteiger partial charge in [-0.2, -0.15) is 0 Å². The molecule has 0 atom stereocenters. The summed E-state index contributed by atoms with van der Waals surface area (Å²) in [6, 6.07) is 65.5. The fourth-order valence-corrected chi connectivity index (χ4v) is 10.7. The van der Waals surface area contributed by atoms with Crippen molar-refractivity contribution in [2.75, 3.05) is 5.32 Å². The number of nitrogens with one attached hydrogen (secondary N) is 1. The van der Waals surface area contributed by atoms with Crippen LogP contribution in [-0.2, 0) is 10.8 Å². The molecule has 9 aromatic carbocycles.